The molecule has 0 atom stereocenters. The van der Waals surface area contributed by atoms with E-state index in [1.165, 1.54) is 49.0 Å². The number of alkyl halides is 12. The molecule has 66 heavy (non-hydrogen) atoms. The molecule has 16 heteroatoms. The molecule has 0 bridgehead atoms. The van der Waals surface area contributed by atoms with Gasteiger partial charge in [0.1, 0.15) is 0 Å². The summed E-state index contributed by atoms with van der Waals surface area (Å²) in [6, 6.07) is 21.5. The number of rotatable bonds is 6. The van der Waals surface area contributed by atoms with Crippen molar-refractivity contribution in [2.24, 2.45) is 11.8 Å². The van der Waals surface area contributed by atoms with E-state index in [2.05, 4.69) is 13.8 Å². The van der Waals surface area contributed by atoms with Crippen molar-refractivity contribution in [2.45, 2.75) is 102 Å². The summed E-state index contributed by atoms with van der Waals surface area (Å²) in [5.41, 5.74) is -2.38. The predicted molar refractivity (Wildman–Crippen MR) is 244 cm³/mol. The van der Waals surface area contributed by atoms with E-state index in [0.29, 0.717) is 33.7 Å². The topological polar surface area (TPSA) is 0 Å². The summed E-state index contributed by atoms with van der Waals surface area (Å²) in [5.74, 6) is 1.20. The molecule has 8 rings (SSSR count). The van der Waals surface area contributed by atoms with Crippen LogP contribution in [0.2, 0.25) is 0 Å². The van der Waals surface area contributed by atoms with Crippen LogP contribution in [-0.2, 0) is 60.9 Å². The van der Waals surface area contributed by atoms with E-state index in [-0.39, 0.29) is 55.5 Å². The van der Waals surface area contributed by atoms with E-state index in [0.717, 1.165) is 91.1 Å². The SMILES string of the molecule is Cl.Cl.FC(F)(F)c1cc(-c2cccc3[cH-]c(CC4CCCC4)cc23)cc(C(F)(F)F)c1.FC(F)(F)c1cc(-c2cccc3[cH-]c(CC4CCCC4)cc23)cc(C(F)(F)F)c1.[CH2-]CC.[CH3-].[Si]=[Zr]. The van der Waals surface area contributed by atoms with Crippen LogP contribution in [0.4, 0.5) is 52.7 Å². The van der Waals surface area contributed by atoms with E-state index in [4.69, 9.17) is 0 Å². The molecule has 2 aliphatic carbocycles. The first kappa shape index (κ1) is 59.1. The molecule has 2 radical (unpaired) electrons. The van der Waals surface area contributed by atoms with Crippen LogP contribution in [0.1, 0.15) is 98.1 Å². The van der Waals surface area contributed by atoms with Gasteiger partial charge in [-0.15, -0.1) is 93.9 Å². The molecular weight excluding hydrogens is 1020 g/mol. The zero-order chi connectivity index (χ0) is 46.3. The van der Waals surface area contributed by atoms with Crippen LogP contribution in [0, 0.1) is 26.2 Å². The second kappa shape index (κ2) is 25.0. The van der Waals surface area contributed by atoms with Crippen LogP contribution in [0.3, 0.4) is 0 Å². The van der Waals surface area contributed by atoms with E-state index in [9.17, 15) is 52.7 Å². The molecule has 0 unspecified atom stereocenters. The maximum absolute atomic E-state index is 13.2. The van der Waals surface area contributed by atoms with Crippen LogP contribution in [-0.4, -0.2) is 6.88 Å². The van der Waals surface area contributed by atoms with E-state index >= 15 is 0 Å². The minimum absolute atomic E-state index is 0. The Balaban J connectivity index is 0.000000397. The maximum atomic E-state index is 13.2. The van der Waals surface area contributed by atoms with Crippen molar-refractivity contribution in [2.75, 3.05) is 0 Å². The Bertz CT molecular complexity index is 2200. The van der Waals surface area contributed by atoms with Crippen molar-refractivity contribution in [1.82, 2.24) is 0 Å². The number of fused-ring (bicyclic) bond motifs is 2. The number of hydrogen-bond acceptors (Lipinski definition) is 0. The van der Waals surface area contributed by atoms with Gasteiger partial charge in [-0.3, -0.25) is 0 Å². The van der Waals surface area contributed by atoms with E-state index in [1.54, 1.807) is 24.3 Å². The fraction of sp³-hybridized carbons (Fsp3) is 0.360. The fourth-order valence-corrected chi connectivity index (χ4v) is 8.65. The van der Waals surface area contributed by atoms with Crippen molar-refractivity contribution in [3.63, 3.8) is 0 Å². The molecule has 0 amide bonds. The summed E-state index contributed by atoms with van der Waals surface area (Å²) in [5, 5.41) is 3.05. The summed E-state index contributed by atoms with van der Waals surface area (Å²) >= 11 is 1.36. The van der Waals surface area contributed by atoms with Crippen molar-refractivity contribution >= 4 is 53.2 Å². The summed E-state index contributed by atoms with van der Waals surface area (Å²) in [7, 11) is 0. The third-order valence-electron chi connectivity index (χ3n) is 11.4. The molecule has 0 nitrogen and oxygen atoms in total. The third-order valence-corrected chi connectivity index (χ3v) is 11.4. The molecule has 360 valence electrons. The Labute approximate surface area is 408 Å². The first-order chi connectivity index (χ1) is 29.6. The molecular formula is C50H50Cl2F12SiZr-4. The van der Waals surface area contributed by atoms with E-state index < -0.39 is 47.0 Å². The van der Waals surface area contributed by atoms with Gasteiger partial charge in [-0.05, 0) is 72.2 Å². The Morgan fingerprint density at radius 1 is 0.515 bits per heavy atom. The molecule has 0 aliphatic heterocycles. The quantitative estimate of drug-likeness (QED) is 0.0886. The van der Waals surface area contributed by atoms with Gasteiger partial charge in [-0.2, -0.15) is 71.2 Å². The van der Waals surface area contributed by atoms with Crippen LogP contribution in [0.15, 0.2) is 97.1 Å². The van der Waals surface area contributed by atoms with Crippen LogP contribution >= 0.6 is 24.8 Å². The Morgan fingerprint density at radius 3 is 1.05 bits per heavy atom. The Hall–Kier alpha value is -3.06. The number of benzene rings is 4. The van der Waals surface area contributed by atoms with Crippen molar-refractivity contribution in [3.8, 4) is 22.3 Å². The Kier molecular flexibility index (Phi) is 22.4. The molecule has 6 aromatic carbocycles. The van der Waals surface area contributed by atoms with Crippen LogP contribution in [0.5, 0.6) is 0 Å². The minimum atomic E-state index is -4.86. The molecule has 2 fully saturated rings. The number of halogens is 14. The number of hydrogen-bond donors (Lipinski definition) is 0. The third kappa shape index (κ3) is 15.5. The monoisotopic (exact) mass is 1070 g/mol. The zero-order valence-electron chi connectivity index (χ0n) is 36.2. The molecule has 0 spiro atoms. The van der Waals surface area contributed by atoms with Gasteiger partial charge in [0, 0.05) is 0 Å². The van der Waals surface area contributed by atoms with Gasteiger partial charge in [0.2, 0.25) is 0 Å². The van der Waals surface area contributed by atoms with Gasteiger partial charge in [-0.1, -0.05) is 81.5 Å². The van der Waals surface area contributed by atoms with Gasteiger partial charge >= 0.3 is 54.9 Å². The normalized spacial score (nSPS) is 14.4. The molecule has 6 aromatic rings. The predicted octanol–water partition coefficient (Wildman–Crippen LogP) is 18.1. The first-order valence-electron chi connectivity index (χ1n) is 20.6. The van der Waals surface area contributed by atoms with Gasteiger partial charge in [0.05, 0.1) is 22.3 Å². The average Bonchev–Trinajstić information content (AvgIpc) is 4.06. The summed E-state index contributed by atoms with van der Waals surface area (Å²) < 4.78 is 159. The van der Waals surface area contributed by atoms with Crippen LogP contribution in [0.25, 0.3) is 43.8 Å². The van der Waals surface area contributed by atoms with Gasteiger partial charge in [0.25, 0.3) is 0 Å². The second-order valence-electron chi connectivity index (χ2n) is 16.1. The molecule has 0 heterocycles. The summed E-state index contributed by atoms with van der Waals surface area (Å²) in [4.78, 5) is 0. The van der Waals surface area contributed by atoms with Gasteiger partial charge < -0.3 is 14.4 Å². The zero-order valence-corrected chi connectivity index (χ0v) is 41.3. The standard InChI is InChI=1S/2C23H19F6.C3H7.CH3.2ClH.Si.Zr/c2*24-22(25,26)18-11-17(12-19(13-18)23(27,28)29)20-7-3-6-16-9-15(10-21(16)20)8-14-4-1-2-5-14;1-3-2;;;;;/h2*3,6-7,9-14H,1-2,4-5,8H2;1,3H2,2H3;1H3;2*1H;;/q4*-1;;;;. The summed E-state index contributed by atoms with van der Waals surface area (Å²) in [6.45, 7) is 8.56. The van der Waals surface area contributed by atoms with E-state index in [1.807, 2.05) is 43.3 Å². The average molecular weight is 1070 g/mol. The van der Waals surface area contributed by atoms with Crippen molar-refractivity contribution < 1.29 is 76.0 Å². The van der Waals surface area contributed by atoms with Crippen molar-refractivity contribution in [1.29, 1.82) is 0 Å². The molecule has 2 saturated carbocycles. The second-order valence-corrected chi connectivity index (χ2v) is 16.1. The first-order valence-corrected chi connectivity index (χ1v) is 24.8. The van der Waals surface area contributed by atoms with Gasteiger partial charge in [-0.25, -0.2) is 0 Å². The van der Waals surface area contributed by atoms with Gasteiger partial charge in [0.15, 0.2) is 0 Å². The summed E-state index contributed by atoms with van der Waals surface area (Å²) in [6.07, 6.45) is -7.15. The molecule has 0 aromatic heterocycles. The van der Waals surface area contributed by atoms with Crippen molar-refractivity contribution in [3.05, 3.63) is 145 Å². The molecule has 0 N–H and O–H groups in total. The molecule has 0 saturated heterocycles. The Morgan fingerprint density at radius 2 is 0.788 bits per heavy atom. The fourth-order valence-electron chi connectivity index (χ4n) is 8.65. The van der Waals surface area contributed by atoms with Crippen LogP contribution < -0.4 is 0 Å². The molecule has 2 aliphatic rings.